The summed E-state index contributed by atoms with van der Waals surface area (Å²) in [5.41, 5.74) is 10.2. The van der Waals surface area contributed by atoms with Crippen molar-refractivity contribution in [1.29, 1.82) is 0 Å². The summed E-state index contributed by atoms with van der Waals surface area (Å²) in [4.78, 5) is 8.97. The van der Waals surface area contributed by atoms with Gasteiger partial charge < -0.3 is 38.2 Å². The summed E-state index contributed by atoms with van der Waals surface area (Å²) in [6, 6.07) is 69.8. The maximum absolute atomic E-state index is 17.3. The molecule has 0 N–H and O–H groups in total. The second-order valence-electron chi connectivity index (χ2n) is 17.9. The molecule has 320 valence electrons. The van der Waals surface area contributed by atoms with Crippen LogP contribution in [-0.2, 0) is 9.13 Å². The molecule has 8 nitrogen and oxygen atoms in total. The predicted octanol–water partition coefficient (Wildman–Crippen LogP) is 13.5. The Labute approximate surface area is 390 Å². The molecule has 0 bridgehead atoms. The van der Waals surface area contributed by atoms with Crippen LogP contribution < -0.4 is 60.9 Å². The highest BCUT2D eigenvalue weighted by Gasteiger charge is 2.57. The van der Waals surface area contributed by atoms with Crippen LogP contribution in [0.25, 0.3) is 10.8 Å². The number of hydrogen-bond acceptors (Lipinski definition) is 8. The first kappa shape index (κ1) is 36.9. The molecule has 0 saturated carbocycles. The lowest BCUT2D eigenvalue weighted by atomic mass is 10.00. The molecule has 0 aromatic heterocycles. The maximum Gasteiger partial charge on any atom is 0.186 e. The lowest BCUT2D eigenvalue weighted by Gasteiger charge is -2.48. The molecule has 2 unspecified atom stereocenters. The molecule has 0 fully saturated rings. The third-order valence-corrected chi connectivity index (χ3v) is 20.9. The van der Waals surface area contributed by atoms with E-state index in [1.54, 1.807) is 0 Å². The zero-order chi connectivity index (χ0) is 44.6. The van der Waals surface area contributed by atoms with E-state index >= 15 is 9.13 Å². The number of ether oxygens (including phenoxy) is 2. The highest BCUT2D eigenvalue weighted by Crippen LogP contribution is 2.70. The average Bonchev–Trinajstić information content (AvgIpc) is 3.37. The number of fused-ring (bicyclic) bond motifs is 3. The molecule has 0 aliphatic carbocycles. The summed E-state index contributed by atoms with van der Waals surface area (Å²) in [7, 11) is -7.41. The Balaban J connectivity index is 1.08. The molecule has 2 atom stereocenters. The third-order valence-electron chi connectivity index (χ3n) is 14.5. The van der Waals surface area contributed by atoms with Gasteiger partial charge in [-0.05, 0) is 109 Å². The monoisotopic (exact) mass is 912 g/mol. The van der Waals surface area contributed by atoms with Gasteiger partial charge in [0.2, 0.25) is 0 Å². The van der Waals surface area contributed by atoms with Crippen molar-refractivity contribution in [2.24, 2.45) is 0 Å². The fraction of sp³-hybridized carbons (Fsp3) is 0. The molecular formula is C58H34N4O4P2. The number of benzene rings is 10. The summed E-state index contributed by atoms with van der Waals surface area (Å²) >= 11 is 0. The Hall–Kier alpha value is -8.28. The second kappa shape index (κ2) is 12.8. The molecule has 68 heavy (non-hydrogen) atoms. The SMILES string of the molecule is O=P12c3c4cccc3N(c3ccccc3)c3cccc(c31)N(c1ccccc1)c1c2c(cc2c3c5c(cc12)Oc1cccc2c1P5(=O)c1c(cccc1N3c1ccccc1)N2c1ccccc1)O4. The van der Waals surface area contributed by atoms with Gasteiger partial charge in [-0.2, -0.15) is 0 Å². The molecule has 16 rings (SSSR count). The van der Waals surface area contributed by atoms with Crippen LogP contribution >= 0.6 is 14.3 Å². The minimum Gasteiger partial charge on any atom is -0.456 e. The molecular weight excluding hydrogens is 879 g/mol. The van der Waals surface area contributed by atoms with Crippen LogP contribution in [-0.4, -0.2) is 0 Å². The minimum absolute atomic E-state index is 0.508. The van der Waals surface area contributed by atoms with Gasteiger partial charge in [-0.25, -0.2) is 0 Å². The van der Waals surface area contributed by atoms with Gasteiger partial charge in [0.1, 0.15) is 23.0 Å². The summed E-state index contributed by atoms with van der Waals surface area (Å²) in [6.45, 7) is 0. The van der Waals surface area contributed by atoms with Gasteiger partial charge in [-0.15, -0.1) is 0 Å². The highest BCUT2D eigenvalue weighted by atomic mass is 31.2. The number of nitrogens with zero attached hydrogens (tertiary/aromatic N) is 4. The molecule has 6 aliphatic rings. The Bertz CT molecular complexity index is 3760. The fourth-order valence-corrected chi connectivity index (χ4v) is 19.1. The van der Waals surface area contributed by atoms with E-state index in [2.05, 4.69) is 129 Å². The molecule has 0 amide bonds. The van der Waals surface area contributed by atoms with Crippen molar-refractivity contribution in [2.75, 3.05) is 19.6 Å². The molecule has 10 aromatic rings. The lowest BCUT2D eigenvalue weighted by molar-refractivity contribution is 0.484. The fourth-order valence-electron chi connectivity index (χ4n) is 12.0. The molecule has 0 saturated heterocycles. The smallest absolute Gasteiger partial charge is 0.186 e. The number of rotatable bonds is 4. The van der Waals surface area contributed by atoms with Crippen LogP contribution in [0.1, 0.15) is 0 Å². The topological polar surface area (TPSA) is 65.6 Å². The van der Waals surface area contributed by atoms with E-state index in [4.69, 9.17) is 9.47 Å². The maximum atomic E-state index is 17.3. The van der Waals surface area contributed by atoms with Crippen LogP contribution in [0.2, 0.25) is 0 Å². The van der Waals surface area contributed by atoms with Crippen molar-refractivity contribution in [2.45, 2.75) is 0 Å². The number of anilines is 12. The van der Waals surface area contributed by atoms with Gasteiger partial charge in [-0.3, -0.25) is 0 Å². The van der Waals surface area contributed by atoms with Crippen molar-refractivity contribution in [3.8, 4) is 23.0 Å². The van der Waals surface area contributed by atoms with Crippen molar-refractivity contribution < 1.29 is 18.6 Å². The van der Waals surface area contributed by atoms with Gasteiger partial charge in [-0.1, -0.05) is 97.1 Å². The minimum atomic E-state index is -3.71. The molecule has 6 heterocycles. The van der Waals surface area contributed by atoms with Crippen LogP contribution in [0.3, 0.4) is 0 Å². The first-order valence-electron chi connectivity index (χ1n) is 22.7. The highest BCUT2D eigenvalue weighted by molar-refractivity contribution is 7.87. The number of hydrogen-bond donors (Lipinski definition) is 0. The Morgan fingerprint density at radius 3 is 0.926 bits per heavy atom. The van der Waals surface area contributed by atoms with Crippen LogP contribution in [0.5, 0.6) is 23.0 Å². The van der Waals surface area contributed by atoms with Crippen LogP contribution in [0.4, 0.5) is 68.2 Å². The van der Waals surface area contributed by atoms with Crippen LogP contribution in [0.15, 0.2) is 206 Å². The largest absolute Gasteiger partial charge is 0.456 e. The summed E-state index contributed by atoms with van der Waals surface area (Å²) in [5, 5.41) is 5.78. The van der Waals surface area contributed by atoms with Gasteiger partial charge in [0.25, 0.3) is 0 Å². The van der Waals surface area contributed by atoms with E-state index in [9.17, 15) is 0 Å². The zero-order valence-electron chi connectivity index (χ0n) is 35.9. The molecule has 10 heteroatoms. The third kappa shape index (κ3) is 4.30. The zero-order valence-corrected chi connectivity index (χ0v) is 37.7. The van der Waals surface area contributed by atoms with Crippen molar-refractivity contribution >= 4 is 125 Å². The van der Waals surface area contributed by atoms with E-state index in [0.717, 1.165) is 89.6 Å². The Morgan fingerprint density at radius 2 is 0.574 bits per heavy atom. The summed E-state index contributed by atoms with van der Waals surface area (Å²) in [6.07, 6.45) is 0. The van der Waals surface area contributed by atoms with Crippen molar-refractivity contribution in [3.05, 3.63) is 206 Å². The summed E-state index contributed by atoms with van der Waals surface area (Å²) < 4.78 is 49.1. The van der Waals surface area contributed by atoms with Gasteiger partial charge in [0.15, 0.2) is 14.3 Å². The van der Waals surface area contributed by atoms with Gasteiger partial charge >= 0.3 is 0 Å². The average molecular weight is 913 g/mol. The molecule has 6 aliphatic heterocycles. The van der Waals surface area contributed by atoms with E-state index in [0.29, 0.717) is 44.2 Å². The number of para-hydroxylation sites is 4. The Morgan fingerprint density at radius 1 is 0.279 bits per heavy atom. The van der Waals surface area contributed by atoms with Crippen LogP contribution in [0, 0.1) is 0 Å². The standard InChI is InChI=1S/C58H34N4O4P2/c63-67-53-41-25-13-27-43(53)61(37-21-9-3-10-22-37)51-39-34-50-58-52(40(39)33-49(57(51)67)65-47-31-15-29-45(55(47)67)59(41)35-17-5-1-6-18-35)62(38-23-11-4-12-24-38)44-28-14-26-42-54(44)68(58,64)56-46(30-16-32-48(56)66-50)60(42)36-19-7-2-8-20-36/h1-34H. The normalized spacial score (nSPS) is 18.6. The molecule has 0 radical (unpaired) electrons. The van der Waals surface area contributed by atoms with Crippen molar-refractivity contribution in [3.63, 3.8) is 0 Å². The van der Waals surface area contributed by atoms with E-state index < -0.39 is 14.3 Å². The second-order valence-corrected chi connectivity index (χ2v) is 23.0. The lowest BCUT2D eigenvalue weighted by Crippen LogP contribution is -2.46. The Kier molecular flexibility index (Phi) is 6.93. The van der Waals surface area contributed by atoms with Gasteiger partial charge in [0.05, 0.1) is 77.3 Å². The van der Waals surface area contributed by atoms with E-state index in [1.165, 1.54) is 0 Å². The quantitative estimate of drug-likeness (QED) is 0.162. The van der Waals surface area contributed by atoms with Crippen molar-refractivity contribution in [1.82, 2.24) is 0 Å². The predicted molar refractivity (Wildman–Crippen MR) is 276 cm³/mol. The molecule has 0 spiro atoms. The first-order valence-corrected chi connectivity index (χ1v) is 26.1. The van der Waals surface area contributed by atoms with Gasteiger partial charge in [0, 0.05) is 33.5 Å². The van der Waals surface area contributed by atoms with E-state index in [1.807, 2.05) is 97.1 Å². The van der Waals surface area contributed by atoms with E-state index in [-0.39, 0.29) is 0 Å². The molecule has 10 aromatic carbocycles. The summed E-state index contributed by atoms with van der Waals surface area (Å²) in [5.74, 6) is 2.13. The first-order chi connectivity index (χ1) is 33.5.